The summed E-state index contributed by atoms with van der Waals surface area (Å²) in [4.78, 5) is 4.71. The van der Waals surface area contributed by atoms with Gasteiger partial charge in [-0.1, -0.05) is 13.8 Å². The Morgan fingerprint density at radius 3 is 2.96 bits per heavy atom. The van der Waals surface area contributed by atoms with Crippen molar-refractivity contribution in [2.24, 2.45) is 16.8 Å². The number of nitrogens with zero attached hydrogens (tertiary/aromatic N) is 1. The highest BCUT2D eigenvalue weighted by atomic mass is 16.5. The molecule has 1 atom stereocenters. The molecule has 2 rings (SSSR count). The van der Waals surface area contributed by atoms with E-state index in [-0.39, 0.29) is 0 Å². The topological polar surface area (TPSA) is 68.0 Å². The van der Waals surface area contributed by atoms with Gasteiger partial charge in [0.25, 0.3) is 0 Å². The molecule has 0 aromatic carbocycles. The fourth-order valence-electron chi connectivity index (χ4n) is 2.58. The first-order chi connectivity index (χ1) is 12.2. The molecule has 2 N–H and O–H groups in total. The average molecular weight is 351 g/mol. The summed E-state index contributed by atoms with van der Waals surface area (Å²) >= 11 is 0. The Labute approximate surface area is 151 Å². The van der Waals surface area contributed by atoms with Crippen LogP contribution in [0.1, 0.15) is 32.4 Å². The number of aliphatic imine (C=N–C) groups is 1. The van der Waals surface area contributed by atoms with Crippen molar-refractivity contribution in [3.8, 4) is 0 Å². The van der Waals surface area contributed by atoms with Gasteiger partial charge in [-0.3, -0.25) is 4.99 Å². The zero-order valence-corrected chi connectivity index (χ0v) is 15.6. The van der Waals surface area contributed by atoms with Crippen molar-refractivity contribution >= 4 is 5.96 Å². The molecule has 25 heavy (non-hydrogen) atoms. The molecule has 1 saturated heterocycles. The summed E-state index contributed by atoms with van der Waals surface area (Å²) < 4.78 is 16.4. The monoisotopic (exact) mass is 351 g/mol. The van der Waals surface area contributed by atoms with E-state index >= 15 is 0 Å². The molecule has 0 bridgehead atoms. The van der Waals surface area contributed by atoms with Crippen LogP contribution in [0.25, 0.3) is 0 Å². The first-order valence-electron chi connectivity index (χ1n) is 9.44. The van der Waals surface area contributed by atoms with E-state index in [2.05, 4.69) is 24.5 Å². The number of ether oxygens (including phenoxy) is 2. The molecule has 6 heteroatoms. The van der Waals surface area contributed by atoms with E-state index in [1.54, 1.807) is 6.26 Å². The smallest absolute Gasteiger partial charge is 0.191 e. The van der Waals surface area contributed by atoms with Crippen LogP contribution in [0.2, 0.25) is 0 Å². The van der Waals surface area contributed by atoms with Crippen LogP contribution >= 0.6 is 0 Å². The van der Waals surface area contributed by atoms with Crippen LogP contribution in [0.4, 0.5) is 0 Å². The molecule has 1 aromatic heterocycles. The molecule has 6 nitrogen and oxygen atoms in total. The summed E-state index contributed by atoms with van der Waals surface area (Å²) in [6.07, 6.45) is 4.63. The Balaban J connectivity index is 1.67. The summed E-state index contributed by atoms with van der Waals surface area (Å²) in [5, 5.41) is 6.79. The van der Waals surface area contributed by atoms with Crippen LogP contribution in [-0.4, -0.2) is 52.0 Å². The van der Waals surface area contributed by atoms with Gasteiger partial charge in [0, 0.05) is 51.8 Å². The molecule has 1 aliphatic rings. The first-order valence-corrected chi connectivity index (χ1v) is 9.44. The maximum atomic E-state index is 5.62. The lowest BCUT2D eigenvalue weighted by Gasteiger charge is -2.14. The zero-order chi connectivity index (χ0) is 17.7. The summed E-state index contributed by atoms with van der Waals surface area (Å²) in [6, 6.07) is 3.91. The summed E-state index contributed by atoms with van der Waals surface area (Å²) in [5.41, 5.74) is 0. The second kappa shape index (κ2) is 11.9. The van der Waals surface area contributed by atoms with E-state index in [1.165, 1.54) is 0 Å². The Hall–Kier alpha value is -1.53. The van der Waals surface area contributed by atoms with Crippen molar-refractivity contribution in [3.63, 3.8) is 0 Å². The van der Waals surface area contributed by atoms with Crippen molar-refractivity contribution < 1.29 is 13.9 Å². The highest BCUT2D eigenvalue weighted by Gasteiger charge is 2.15. The maximum absolute atomic E-state index is 5.62. The Kier molecular flexibility index (Phi) is 9.44. The van der Waals surface area contributed by atoms with Gasteiger partial charge in [0.2, 0.25) is 0 Å². The van der Waals surface area contributed by atoms with Crippen LogP contribution in [0.15, 0.2) is 27.8 Å². The number of guanidine groups is 1. The van der Waals surface area contributed by atoms with Crippen molar-refractivity contribution in [1.29, 1.82) is 0 Å². The van der Waals surface area contributed by atoms with Gasteiger partial charge in [0.1, 0.15) is 5.76 Å². The Morgan fingerprint density at radius 1 is 1.36 bits per heavy atom. The average Bonchev–Trinajstić information content (AvgIpc) is 3.28. The van der Waals surface area contributed by atoms with Crippen molar-refractivity contribution in [1.82, 2.24) is 10.6 Å². The summed E-state index contributed by atoms with van der Waals surface area (Å²) in [6.45, 7) is 10.1. The van der Waals surface area contributed by atoms with Gasteiger partial charge in [-0.25, -0.2) is 0 Å². The van der Waals surface area contributed by atoms with Crippen LogP contribution in [0.3, 0.4) is 0 Å². The SMILES string of the molecule is CC(C)COCCCNC(=NCC1CCOC1)NCCc1ccco1. The van der Waals surface area contributed by atoms with E-state index in [0.717, 1.165) is 77.0 Å². The van der Waals surface area contributed by atoms with Gasteiger partial charge in [0.15, 0.2) is 5.96 Å². The van der Waals surface area contributed by atoms with E-state index in [4.69, 9.17) is 18.9 Å². The number of nitrogens with one attached hydrogen (secondary N) is 2. The maximum Gasteiger partial charge on any atom is 0.191 e. The quantitative estimate of drug-likeness (QED) is 0.364. The minimum atomic E-state index is 0.540. The van der Waals surface area contributed by atoms with E-state index < -0.39 is 0 Å². The van der Waals surface area contributed by atoms with Gasteiger partial charge in [-0.2, -0.15) is 0 Å². The highest BCUT2D eigenvalue weighted by Crippen LogP contribution is 2.12. The fourth-order valence-corrected chi connectivity index (χ4v) is 2.58. The van der Waals surface area contributed by atoms with E-state index in [9.17, 15) is 0 Å². The second-order valence-corrected chi connectivity index (χ2v) is 6.92. The molecule has 1 aliphatic heterocycles. The van der Waals surface area contributed by atoms with Crippen molar-refractivity contribution in [3.05, 3.63) is 24.2 Å². The molecule has 0 radical (unpaired) electrons. The zero-order valence-electron chi connectivity index (χ0n) is 15.6. The van der Waals surface area contributed by atoms with Gasteiger partial charge < -0.3 is 24.5 Å². The molecular weight excluding hydrogens is 318 g/mol. The lowest BCUT2D eigenvalue weighted by Crippen LogP contribution is -2.39. The van der Waals surface area contributed by atoms with Crippen LogP contribution in [0, 0.1) is 11.8 Å². The number of rotatable bonds is 11. The molecule has 0 aliphatic carbocycles. The molecule has 1 aromatic rings. The normalized spacial score (nSPS) is 18.0. The molecule has 142 valence electrons. The van der Waals surface area contributed by atoms with Gasteiger partial charge >= 0.3 is 0 Å². The Bertz CT molecular complexity index is 468. The third-order valence-electron chi connectivity index (χ3n) is 3.98. The number of hydrogen-bond donors (Lipinski definition) is 2. The number of furan rings is 1. The van der Waals surface area contributed by atoms with Crippen molar-refractivity contribution in [2.75, 3.05) is 46.1 Å². The molecule has 0 saturated carbocycles. The fraction of sp³-hybridized carbons (Fsp3) is 0.737. The highest BCUT2D eigenvalue weighted by molar-refractivity contribution is 5.79. The Morgan fingerprint density at radius 2 is 2.24 bits per heavy atom. The predicted molar refractivity (Wildman–Crippen MR) is 99.9 cm³/mol. The minimum Gasteiger partial charge on any atom is -0.469 e. The molecule has 1 unspecified atom stereocenters. The van der Waals surface area contributed by atoms with Gasteiger partial charge in [0.05, 0.1) is 12.9 Å². The lowest BCUT2D eigenvalue weighted by atomic mass is 10.1. The molecule has 0 spiro atoms. The van der Waals surface area contributed by atoms with Crippen LogP contribution in [0.5, 0.6) is 0 Å². The number of hydrogen-bond acceptors (Lipinski definition) is 4. The van der Waals surface area contributed by atoms with E-state index in [1.807, 2.05) is 12.1 Å². The third-order valence-corrected chi connectivity index (χ3v) is 3.98. The van der Waals surface area contributed by atoms with Crippen LogP contribution in [-0.2, 0) is 15.9 Å². The minimum absolute atomic E-state index is 0.540. The molecule has 2 heterocycles. The molecular formula is C19H33N3O3. The lowest BCUT2D eigenvalue weighted by molar-refractivity contribution is 0.108. The third kappa shape index (κ3) is 8.93. The standard InChI is InChI=1S/C19H33N3O3/c1-16(2)14-23-10-4-8-20-19(22-13-17-7-12-24-15-17)21-9-6-18-5-3-11-25-18/h3,5,11,16-17H,4,6-10,12-15H2,1-2H3,(H2,20,21,22). The summed E-state index contributed by atoms with van der Waals surface area (Å²) in [5.74, 6) is 2.97. The largest absolute Gasteiger partial charge is 0.469 e. The molecule has 0 amide bonds. The van der Waals surface area contributed by atoms with Gasteiger partial charge in [-0.05, 0) is 30.9 Å². The predicted octanol–water partition coefficient (Wildman–Crippen LogP) is 2.46. The van der Waals surface area contributed by atoms with Gasteiger partial charge in [-0.15, -0.1) is 0 Å². The van der Waals surface area contributed by atoms with Crippen molar-refractivity contribution in [2.45, 2.75) is 33.1 Å². The second-order valence-electron chi connectivity index (χ2n) is 6.92. The first kappa shape index (κ1) is 19.8. The molecule has 1 fully saturated rings. The van der Waals surface area contributed by atoms with E-state index in [0.29, 0.717) is 11.8 Å². The van der Waals surface area contributed by atoms with Crippen LogP contribution < -0.4 is 10.6 Å². The summed E-state index contributed by atoms with van der Waals surface area (Å²) in [7, 11) is 0.